The summed E-state index contributed by atoms with van der Waals surface area (Å²) in [5.41, 5.74) is -0.679. The number of alkyl halides is 3. The van der Waals surface area contributed by atoms with Crippen molar-refractivity contribution in [1.82, 2.24) is 4.98 Å². The predicted octanol–water partition coefficient (Wildman–Crippen LogP) is 2.67. The van der Waals surface area contributed by atoms with E-state index in [1.807, 2.05) is 0 Å². The summed E-state index contributed by atoms with van der Waals surface area (Å²) in [4.78, 5) is 4.06. The van der Waals surface area contributed by atoms with Gasteiger partial charge in [0.1, 0.15) is 5.82 Å². The van der Waals surface area contributed by atoms with Crippen LogP contribution < -0.4 is 5.32 Å². The topological polar surface area (TPSA) is 54.4 Å². The average Bonchev–Trinajstić information content (AvgIpc) is 2.45. The fourth-order valence-corrected chi connectivity index (χ4v) is 2.00. The molecule has 0 bridgehead atoms. The van der Waals surface area contributed by atoms with Gasteiger partial charge in [-0.05, 0) is 17.5 Å². The van der Waals surface area contributed by atoms with E-state index in [4.69, 9.17) is 9.84 Å². The Labute approximate surface area is 119 Å². The highest BCUT2D eigenvalue weighted by atomic mass is 19.4. The molecule has 0 saturated heterocycles. The monoisotopic (exact) mass is 300 g/mol. The lowest BCUT2D eigenvalue weighted by Gasteiger charge is -2.13. The zero-order chi connectivity index (χ0) is 15.3. The molecule has 4 nitrogen and oxygen atoms in total. The standard InChI is InChI=1S/C14H15F3N2O2/c15-14(16,17)12-3-1-2-11-10(12)4-5-18-13(11)19-6-8-21-9-7-20/h1-5,20H,6-9H2,(H,18,19). The van der Waals surface area contributed by atoms with Gasteiger partial charge in [0.25, 0.3) is 0 Å². The summed E-state index contributed by atoms with van der Waals surface area (Å²) in [6.07, 6.45) is -3.06. The summed E-state index contributed by atoms with van der Waals surface area (Å²) in [7, 11) is 0. The number of aliphatic hydroxyl groups excluding tert-OH is 1. The Hall–Kier alpha value is -1.86. The molecule has 2 aromatic rings. The largest absolute Gasteiger partial charge is 0.417 e. The number of pyridine rings is 1. The number of halogens is 3. The van der Waals surface area contributed by atoms with Crippen LogP contribution in [0.2, 0.25) is 0 Å². The second-order valence-corrected chi connectivity index (χ2v) is 4.32. The Bertz CT molecular complexity index is 602. The van der Waals surface area contributed by atoms with Gasteiger partial charge in [-0.1, -0.05) is 12.1 Å². The average molecular weight is 300 g/mol. The van der Waals surface area contributed by atoms with E-state index in [1.54, 1.807) is 6.07 Å². The molecule has 2 rings (SSSR count). The number of benzene rings is 1. The van der Waals surface area contributed by atoms with Crippen molar-refractivity contribution >= 4 is 16.6 Å². The number of hydrogen-bond acceptors (Lipinski definition) is 4. The molecule has 1 aromatic heterocycles. The lowest BCUT2D eigenvalue weighted by molar-refractivity contribution is -0.136. The molecule has 0 spiro atoms. The third kappa shape index (κ3) is 3.83. The first-order valence-electron chi connectivity index (χ1n) is 6.41. The molecular formula is C14H15F3N2O2. The summed E-state index contributed by atoms with van der Waals surface area (Å²) < 4.78 is 43.9. The number of aliphatic hydroxyl groups is 1. The maximum absolute atomic E-state index is 13.0. The molecule has 0 radical (unpaired) electrons. The number of nitrogens with zero attached hydrogens (tertiary/aromatic N) is 1. The SMILES string of the molecule is OCCOCCNc1nccc2c(C(F)(F)F)cccc12. The molecule has 0 amide bonds. The molecular weight excluding hydrogens is 285 g/mol. The zero-order valence-corrected chi connectivity index (χ0v) is 11.2. The van der Waals surface area contributed by atoms with Gasteiger partial charge in [-0.2, -0.15) is 13.2 Å². The van der Waals surface area contributed by atoms with E-state index < -0.39 is 11.7 Å². The fraction of sp³-hybridized carbons (Fsp3) is 0.357. The van der Waals surface area contributed by atoms with Crippen LogP contribution >= 0.6 is 0 Å². The molecule has 0 unspecified atom stereocenters. The van der Waals surface area contributed by atoms with Crippen LogP contribution in [-0.2, 0) is 10.9 Å². The van der Waals surface area contributed by atoms with Crippen LogP contribution in [0, 0.1) is 0 Å². The maximum Gasteiger partial charge on any atom is 0.417 e. The minimum atomic E-state index is -4.40. The number of anilines is 1. The van der Waals surface area contributed by atoms with Gasteiger partial charge in [-0.3, -0.25) is 0 Å². The van der Waals surface area contributed by atoms with Crippen molar-refractivity contribution in [3.05, 3.63) is 36.0 Å². The lowest BCUT2D eigenvalue weighted by atomic mass is 10.1. The third-order valence-electron chi connectivity index (χ3n) is 2.89. The summed E-state index contributed by atoms with van der Waals surface area (Å²) in [5, 5.41) is 12.0. The predicted molar refractivity (Wildman–Crippen MR) is 73.1 cm³/mol. The summed E-state index contributed by atoms with van der Waals surface area (Å²) in [5.74, 6) is 0.381. The van der Waals surface area contributed by atoms with Gasteiger partial charge in [0.2, 0.25) is 0 Å². The minimum Gasteiger partial charge on any atom is -0.394 e. The van der Waals surface area contributed by atoms with E-state index in [0.29, 0.717) is 24.4 Å². The molecule has 1 aromatic carbocycles. The highest BCUT2D eigenvalue weighted by Crippen LogP contribution is 2.35. The Morgan fingerprint density at radius 1 is 1.14 bits per heavy atom. The highest BCUT2D eigenvalue weighted by Gasteiger charge is 2.32. The van der Waals surface area contributed by atoms with E-state index in [9.17, 15) is 13.2 Å². The summed E-state index contributed by atoms with van der Waals surface area (Å²) in [6.45, 7) is 0.879. The Morgan fingerprint density at radius 2 is 1.95 bits per heavy atom. The van der Waals surface area contributed by atoms with Crippen LogP contribution in [-0.4, -0.2) is 36.5 Å². The summed E-state index contributed by atoms with van der Waals surface area (Å²) >= 11 is 0. The van der Waals surface area contributed by atoms with E-state index in [-0.39, 0.29) is 18.6 Å². The third-order valence-corrected chi connectivity index (χ3v) is 2.89. The molecule has 1 heterocycles. The molecule has 0 aliphatic rings. The smallest absolute Gasteiger partial charge is 0.394 e. The number of hydrogen-bond donors (Lipinski definition) is 2. The van der Waals surface area contributed by atoms with Crippen molar-refractivity contribution in [2.24, 2.45) is 0 Å². The Balaban J connectivity index is 2.22. The van der Waals surface area contributed by atoms with E-state index in [1.165, 1.54) is 18.3 Å². The van der Waals surface area contributed by atoms with Crippen molar-refractivity contribution < 1.29 is 23.0 Å². The quantitative estimate of drug-likeness (QED) is 0.805. The molecule has 21 heavy (non-hydrogen) atoms. The van der Waals surface area contributed by atoms with E-state index >= 15 is 0 Å². The van der Waals surface area contributed by atoms with Crippen molar-refractivity contribution in [1.29, 1.82) is 0 Å². The first kappa shape index (κ1) is 15.5. The van der Waals surface area contributed by atoms with Crippen LogP contribution in [0.25, 0.3) is 10.8 Å². The summed E-state index contributed by atoms with van der Waals surface area (Å²) in [6, 6.07) is 5.36. The van der Waals surface area contributed by atoms with Crippen LogP contribution in [0.5, 0.6) is 0 Å². The molecule has 0 saturated carbocycles. The number of fused-ring (bicyclic) bond motifs is 1. The molecule has 114 valence electrons. The van der Waals surface area contributed by atoms with Gasteiger partial charge in [0, 0.05) is 18.1 Å². The Morgan fingerprint density at radius 3 is 2.67 bits per heavy atom. The molecule has 0 fully saturated rings. The number of rotatable bonds is 6. The van der Waals surface area contributed by atoms with Crippen LogP contribution in [0.15, 0.2) is 30.5 Å². The number of nitrogens with one attached hydrogen (secondary N) is 1. The molecule has 7 heteroatoms. The maximum atomic E-state index is 13.0. The number of ether oxygens (including phenoxy) is 1. The van der Waals surface area contributed by atoms with Gasteiger partial charge in [-0.25, -0.2) is 4.98 Å². The second kappa shape index (κ2) is 6.73. The lowest BCUT2D eigenvalue weighted by Crippen LogP contribution is -2.12. The van der Waals surface area contributed by atoms with Crippen LogP contribution in [0.4, 0.5) is 19.0 Å². The Kier molecular flexibility index (Phi) is 4.98. The molecule has 0 aliphatic heterocycles. The van der Waals surface area contributed by atoms with Gasteiger partial charge in [0.15, 0.2) is 0 Å². The van der Waals surface area contributed by atoms with E-state index in [2.05, 4.69) is 10.3 Å². The van der Waals surface area contributed by atoms with Gasteiger partial charge >= 0.3 is 6.18 Å². The zero-order valence-electron chi connectivity index (χ0n) is 11.2. The normalized spacial score (nSPS) is 11.8. The highest BCUT2D eigenvalue weighted by molar-refractivity contribution is 5.94. The van der Waals surface area contributed by atoms with Gasteiger partial charge < -0.3 is 15.2 Å². The minimum absolute atomic E-state index is 0.0680. The van der Waals surface area contributed by atoms with Crippen molar-refractivity contribution in [3.63, 3.8) is 0 Å². The molecule has 2 N–H and O–H groups in total. The fourth-order valence-electron chi connectivity index (χ4n) is 2.00. The van der Waals surface area contributed by atoms with Crippen LogP contribution in [0.3, 0.4) is 0 Å². The van der Waals surface area contributed by atoms with Crippen molar-refractivity contribution in [3.8, 4) is 0 Å². The molecule has 0 atom stereocenters. The van der Waals surface area contributed by atoms with Crippen LogP contribution in [0.1, 0.15) is 5.56 Å². The van der Waals surface area contributed by atoms with Crippen molar-refractivity contribution in [2.75, 3.05) is 31.7 Å². The van der Waals surface area contributed by atoms with Gasteiger partial charge in [-0.15, -0.1) is 0 Å². The first-order valence-corrected chi connectivity index (χ1v) is 6.41. The van der Waals surface area contributed by atoms with Crippen molar-refractivity contribution in [2.45, 2.75) is 6.18 Å². The second-order valence-electron chi connectivity index (χ2n) is 4.32. The van der Waals surface area contributed by atoms with E-state index in [0.717, 1.165) is 6.07 Å². The van der Waals surface area contributed by atoms with Gasteiger partial charge in [0.05, 0.1) is 25.4 Å². The first-order chi connectivity index (χ1) is 10.0. The number of aromatic nitrogens is 1. The molecule has 0 aliphatic carbocycles.